The highest BCUT2D eigenvalue weighted by atomic mass is 79.9. The van der Waals surface area contributed by atoms with Gasteiger partial charge < -0.3 is 0 Å². The lowest BCUT2D eigenvalue weighted by molar-refractivity contribution is -0.156. The van der Waals surface area contributed by atoms with Gasteiger partial charge in [-0.25, -0.2) is 5.01 Å². The van der Waals surface area contributed by atoms with Gasteiger partial charge in [-0.2, -0.15) is 5.01 Å². The number of alkyl halides is 2. The van der Waals surface area contributed by atoms with Crippen molar-refractivity contribution in [2.75, 3.05) is 0 Å². The minimum Gasteiger partial charge on any atom is -0.272 e. The van der Waals surface area contributed by atoms with E-state index in [1.165, 1.54) is 5.01 Å². The number of nitrogens with zero attached hydrogens (tertiary/aromatic N) is 2. The lowest BCUT2D eigenvalue weighted by Gasteiger charge is -2.31. The van der Waals surface area contributed by atoms with Gasteiger partial charge in [0.1, 0.15) is 0 Å². The Morgan fingerprint density at radius 2 is 1.53 bits per heavy atom. The minimum atomic E-state index is -0.474. The van der Waals surface area contributed by atoms with Crippen molar-refractivity contribution in [1.82, 2.24) is 10.0 Å². The molecule has 2 saturated carbocycles. The van der Waals surface area contributed by atoms with E-state index < -0.39 is 17.7 Å². The smallest absolute Gasteiger partial charge is 0.272 e. The number of benzene rings is 2. The molecule has 3 amide bonds. The fourth-order valence-electron chi connectivity index (χ4n) is 5.34. The molecule has 6 atom stereocenters. The second kappa shape index (κ2) is 8.53. The molecule has 2 aromatic rings. The summed E-state index contributed by atoms with van der Waals surface area (Å²) >= 11 is 17.1. The van der Waals surface area contributed by atoms with Crippen LogP contribution in [0.15, 0.2) is 53.0 Å². The summed E-state index contributed by atoms with van der Waals surface area (Å²) in [4.78, 5) is 41.0. The molecule has 5 nitrogen and oxygen atoms in total. The van der Waals surface area contributed by atoms with Crippen molar-refractivity contribution in [2.45, 2.75) is 22.6 Å². The van der Waals surface area contributed by atoms with Gasteiger partial charge in [0.05, 0.1) is 29.0 Å². The molecule has 0 radical (unpaired) electrons. The topological polar surface area (TPSA) is 57.7 Å². The van der Waals surface area contributed by atoms with E-state index >= 15 is 0 Å². The predicted octanol–water partition coefficient (Wildman–Crippen LogP) is 5.44. The molecule has 0 unspecified atom stereocenters. The van der Waals surface area contributed by atoms with E-state index in [2.05, 4.69) is 47.8 Å². The highest BCUT2D eigenvalue weighted by molar-refractivity contribution is 9.12. The molecule has 5 rings (SSSR count). The Labute approximate surface area is 215 Å². The maximum atomic E-state index is 13.6. The van der Waals surface area contributed by atoms with Crippen LogP contribution in [0.5, 0.6) is 0 Å². The van der Waals surface area contributed by atoms with E-state index in [1.807, 2.05) is 24.3 Å². The Hall–Kier alpha value is -1.22. The second-order valence-corrected chi connectivity index (χ2v) is 11.9. The first-order valence-corrected chi connectivity index (χ1v) is 13.3. The predicted molar refractivity (Wildman–Crippen MR) is 131 cm³/mol. The van der Waals surface area contributed by atoms with E-state index in [0.29, 0.717) is 0 Å². The molecular weight excluding hydrogens is 627 g/mol. The fourth-order valence-corrected chi connectivity index (χ4v) is 7.70. The average molecular weight is 646 g/mol. The molecule has 1 saturated heterocycles. The summed E-state index contributed by atoms with van der Waals surface area (Å²) in [5, 5.41) is 2.63. The highest BCUT2D eigenvalue weighted by Gasteiger charge is 2.67. The summed E-state index contributed by atoms with van der Waals surface area (Å²) in [7, 11) is 0. The average Bonchev–Trinajstić information content (AvgIpc) is 3.38. The van der Waals surface area contributed by atoms with E-state index in [9.17, 15) is 14.4 Å². The van der Waals surface area contributed by atoms with Gasteiger partial charge in [-0.15, -0.1) is 0 Å². The molecule has 9 heteroatoms. The fraction of sp³-hybridized carbons (Fsp3) is 0.348. The molecule has 32 heavy (non-hydrogen) atoms. The van der Waals surface area contributed by atoms with Crippen LogP contribution in [0, 0.1) is 23.7 Å². The minimum absolute atomic E-state index is 0.0702. The monoisotopic (exact) mass is 642 g/mol. The van der Waals surface area contributed by atoms with Crippen LogP contribution in [0.2, 0.25) is 5.02 Å². The maximum Gasteiger partial charge on any atom is 0.274 e. The summed E-state index contributed by atoms with van der Waals surface area (Å²) in [5.74, 6) is -1.74. The van der Waals surface area contributed by atoms with E-state index in [4.69, 9.17) is 11.6 Å². The molecule has 0 spiro atoms. The normalized spacial score (nSPS) is 30.7. The summed E-state index contributed by atoms with van der Waals surface area (Å²) in [6.45, 7) is 0.0824. The van der Waals surface area contributed by atoms with Gasteiger partial charge in [-0.3, -0.25) is 14.4 Å². The second-order valence-electron chi connectivity index (χ2n) is 8.46. The van der Waals surface area contributed by atoms with Crippen LogP contribution in [0.25, 0.3) is 0 Å². The number of fused-ring (bicyclic) bond motifs is 5. The number of hydrogen-bond donors (Lipinski definition) is 0. The Balaban J connectivity index is 1.54. The summed E-state index contributed by atoms with van der Waals surface area (Å²) in [6.07, 6.45) is 0.831. The quantitative estimate of drug-likeness (QED) is 0.329. The molecular formula is C23H18Br3ClN2O3. The molecule has 166 valence electrons. The molecule has 2 bridgehead atoms. The van der Waals surface area contributed by atoms with Crippen molar-refractivity contribution in [3.05, 3.63) is 69.2 Å². The number of rotatable bonds is 4. The number of imide groups is 1. The lowest BCUT2D eigenvalue weighted by Crippen LogP contribution is -2.50. The van der Waals surface area contributed by atoms with Gasteiger partial charge in [-0.1, -0.05) is 83.7 Å². The molecule has 1 aliphatic heterocycles. The van der Waals surface area contributed by atoms with Crippen molar-refractivity contribution in [1.29, 1.82) is 0 Å². The molecule has 2 aromatic carbocycles. The number of carbonyl (C=O) groups excluding carboxylic acids is 3. The van der Waals surface area contributed by atoms with Crippen LogP contribution < -0.4 is 0 Å². The number of hydrazine groups is 1. The first kappa shape index (κ1) is 22.6. The van der Waals surface area contributed by atoms with Gasteiger partial charge in [0.15, 0.2) is 0 Å². The Morgan fingerprint density at radius 3 is 2.09 bits per heavy atom. The standard InChI is InChI=1S/C23H18Br3ClN2O3/c24-12-7-5-11(6-8-12)10-28(21(30)13-3-1-2-4-16(13)27)29-22(31)17-14-9-15(18(17)23(29)32)20(26)19(14)25/h1-8,14-15,17-20H,9-10H2/t14-,15-,17-,18+,19+,20+/m1/s1. The summed E-state index contributed by atoms with van der Waals surface area (Å²) in [6, 6.07) is 14.1. The van der Waals surface area contributed by atoms with Crippen molar-refractivity contribution in [2.24, 2.45) is 23.7 Å². The molecule has 2 aliphatic carbocycles. The highest BCUT2D eigenvalue weighted by Crippen LogP contribution is 2.60. The Morgan fingerprint density at radius 1 is 0.969 bits per heavy atom. The number of halogens is 4. The molecule has 3 aliphatic rings. The molecule has 1 heterocycles. The van der Waals surface area contributed by atoms with Gasteiger partial charge in [0, 0.05) is 14.1 Å². The Kier molecular flexibility index (Phi) is 6.01. The van der Waals surface area contributed by atoms with Gasteiger partial charge in [0.25, 0.3) is 17.7 Å². The van der Waals surface area contributed by atoms with E-state index in [0.717, 1.165) is 21.5 Å². The zero-order valence-corrected chi connectivity index (χ0v) is 22.1. The third-order valence-electron chi connectivity index (χ3n) is 6.79. The van der Waals surface area contributed by atoms with Crippen molar-refractivity contribution >= 4 is 77.1 Å². The lowest BCUT2D eigenvalue weighted by atomic mass is 9.81. The maximum absolute atomic E-state index is 13.6. The number of carbonyl (C=O) groups is 3. The van der Waals surface area contributed by atoms with Crippen LogP contribution in [-0.2, 0) is 16.1 Å². The summed E-state index contributed by atoms with van der Waals surface area (Å²) in [5.41, 5.74) is 1.05. The van der Waals surface area contributed by atoms with Gasteiger partial charge in [-0.05, 0) is 48.1 Å². The van der Waals surface area contributed by atoms with Crippen LogP contribution in [0.4, 0.5) is 0 Å². The van der Waals surface area contributed by atoms with Crippen molar-refractivity contribution < 1.29 is 14.4 Å². The van der Waals surface area contributed by atoms with Gasteiger partial charge in [0.2, 0.25) is 0 Å². The largest absolute Gasteiger partial charge is 0.274 e. The first-order chi connectivity index (χ1) is 15.3. The third kappa shape index (κ3) is 3.49. The van der Waals surface area contributed by atoms with Crippen LogP contribution >= 0.6 is 59.4 Å². The van der Waals surface area contributed by atoms with Crippen molar-refractivity contribution in [3.63, 3.8) is 0 Å². The zero-order valence-electron chi connectivity index (χ0n) is 16.6. The first-order valence-electron chi connectivity index (χ1n) is 10.3. The zero-order chi connectivity index (χ0) is 22.7. The summed E-state index contributed by atoms with van der Waals surface area (Å²) < 4.78 is 0.899. The number of amides is 3. The number of hydrogen-bond acceptors (Lipinski definition) is 3. The third-order valence-corrected chi connectivity index (χ3v) is 10.9. The molecule has 3 fully saturated rings. The Bertz CT molecular complexity index is 1080. The van der Waals surface area contributed by atoms with E-state index in [1.54, 1.807) is 24.3 Å². The van der Waals surface area contributed by atoms with Crippen molar-refractivity contribution in [3.8, 4) is 0 Å². The van der Waals surface area contributed by atoms with Crippen LogP contribution in [0.1, 0.15) is 22.3 Å². The van der Waals surface area contributed by atoms with E-state index in [-0.39, 0.29) is 50.4 Å². The van der Waals surface area contributed by atoms with Crippen LogP contribution in [0.3, 0.4) is 0 Å². The van der Waals surface area contributed by atoms with Crippen LogP contribution in [-0.4, -0.2) is 37.4 Å². The van der Waals surface area contributed by atoms with Gasteiger partial charge >= 0.3 is 0 Å². The molecule has 0 aromatic heterocycles. The SMILES string of the molecule is O=C(c1ccccc1Cl)N(Cc1ccc(Br)cc1)N1C(=O)[C@@H]2[C@H]3C[C@@H]([C@H](Br)[C@H]3Br)[C@@H]2C1=O. The molecule has 0 N–H and O–H groups in total.